The largest absolute Gasteiger partial charge is 0.334 e. The minimum absolute atomic E-state index is 0.0399. The molecule has 0 saturated carbocycles. The molecule has 0 unspecified atom stereocenters. The van der Waals surface area contributed by atoms with Gasteiger partial charge in [-0.1, -0.05) is 15.9 Å². The van der Waals surface area contributed by atoms with E-state index in [1.54, 1.807) is 17.2 Å². The summed E-state index contributed by atoms with van der Waals surface area (Å²) >= 11 is 6.70. The molecule has 0 aliphatic rings. The highest BCUT2D eigenvalue weighted by Crippen LogP contribution is 2.16. The lowest BCUT2D eigenvalue weighted by atomic mass is 10.2. The van der Waals surface area contributed by atoms with E-state index in [2.05, 4.69) is 36.8 Å². The van der Waals surface area contributed by atoms with E-state index in [1.807, 2.05) is 19.9 Å². The van der Waals surface area contributed by atoms with Crippen LogP contribution in [0.2, 0.25) is 0 Å². The van der Waals surface area contributed by atoms with Crippen LogP contribution < -0.4 is 0 Å². The van der Waals surface area contributed by atoms with Gasteiger partial charge in [0.2, 0.25) is 0 Å². The van der Waals surface area contributed by atoms with Gasteiger partial charge in [0, 0.05) is 28.6 Å². The first-order chi connectivity index (χ1) is 7.57. The zero-order valence-electron chi connectivity index (χ0n) is 9.28. The molecule has 1 amide bonds. The van der Waals surface area contributed by atoms with Gasteiger partial charge in [-0.2, -0.15) is 0 Å². The average Bonchev–Trinajstić information content (AvgIpc) is 2.25. The number of alkyl halides is 1. The van der Waals surface area contributed by atoms with E-state index in [9.17, 15) is 4.79 Å². The Balaban J connectivity index is 2.95. The second kappa shape index (κ2) is 6.35. The van der Waals surface area contributed by atoms with Crippen LogP contribution in [0.1, 0.15) is 24.3 Å². The normalized spacial score (nSPS) is 10.6. The van der Waals surface area contributed by atoms with Gasteiger partial charge in [0.15, 0.2) is 0 Å². The first kappa shape index (κ1) is 13.6. The van der Waals surface area contributed by atoms with Crippen LogP contribution in [0.3, 0.4) is 0 Å². The Morgan fingerprint density at radius 1 is 1.56 bits per heavy atom. The molecule has 88 valence electrons. The number of hydrogen-bond acceptors (Lipinski definition) is 2. The Kier molecular flexibility index (Phi) is 5.41. The van der Waals surface area contributed by atoms with Gasteiger partial charge in [-0.25, -0.2) is 4.98 Å². The van der Waals surface area contributed by atoms with Gasteiger partial charge in [-0.15, -0.1) is 0 Å². The number of hydrogen-bond donors (Lipinski definition) is 0. The molecule has 0 aromatic carbocycles. The van der Waals surface area contributed by atoms with Crippen molar-refractivity contribution in [3.8, 4) is 0 Å². The van der Waals surface area contributed by atoms with Crippen LogP contribution in [0, 0.1) is 0 Å². The number of halogens is 2. The third-order valence-electron chi connectivity index (χ3n) is 2.17. The molecule has 0 bridgehead atoms. The van der Waals surface area contributed by atoms with Crippen molar-refractivity contribution in [2.45, 2.75) is 19.9 Å². The number of carbonyl (C=O) groups excluding carboxylic acids is 1. The minimum Gasteiger partial charge on any atom is -0.334 e. The van der Waals surface area contributed by atoms with E-state index in [0.717, 1.165) is 9.80 Å². The van der Waals surface area contributed by atoms with Gasteiger partial charge >= 0.3 is 0 Å². The number of pyridine rings is 1. The summed E-state index contributed by atoms with van der Waals surface area (Å²) in [6.45, 7) is 4.67. The fourth-order valence-corrected chi connectivity index (χ4v) is 2.17. The van der Waals surface area contributed by atoms with Gasteiger partial charge < -0.3 is 4.90 Å². The van der Waals surface area contributed by atoms with E-state index in [1.165, 1.54) is 0 Å². The van der Waals surface area contributed by atoms with E-state index < -0.39 is 0 Å². The van der Waals surface area contributed by atoms with Gasteiger partial charge in [0.05, 0.1) is 0 Å². The summed E-state index contributed by atoms with van der Waals surface area (Å²) in [5, 5.41) is 0.765. The second-order valence-electron chi connectivity index (χ2n) is 3.62. The molecule has 0 aliphatic heterocycles. The zero-order valence-corrected chi connectivity index (χ0v) is 12.5. The van der Waals surface area contributed by atoms with Crippen LogP contribution in [-0.4, -0.2) is 33.7 Å². The highest BCUT2D eigenvalue weighted by molar-refractivity contribution is 9.10. The van der Waals surface area contributed by atoms with Crippen molar-refractivity contribution in [2.24, 2.45) is 0 Å². The molecule has 0 atom stereocenters. The Bertz CT molecular complexity index is 369. The van der Waals surface area contributed by atoms with Crippen LogP contribution >= 0.6 is 31.9 Å². The number of rotatable bonds is 4. The molecule has 0 saturated heterocycles. The van der Waals surface area contributed by atoms with E-state index in [0.29, 0.717) is 12.2 Å². The molecule has 1 rings (SSSR count). The fraction of sp³-hybridized carbons (Fsp3) is 0.455. The molecule has 1 heterocycles. The van der Waals surface area contributed by atoms with Crippen LogP contribution in [0.4, 0.5) is 0 Å². The third-order valence-corrected chi connectivity index (χ3v) is 3.17. The van der Waals surface area contributed by atoms with Crippen molar-refractivity contribution in [2.75, 3.05) is 11.9 Å². The quantitative estimate of drug-likeness (QED) is 0.782. The summed E-state index contributed by atoms with van der Waals surface area (Å²) in [6, 6.07) is 3.79. The van der Waals surface area contributed by atoms with E-state index in [4.69, 9.17) is 0 Å². The number of amides is 1. The number of carbonyl (C=O) groups is 1. The Morgan fingerprint density at radius 3 is 2.75 bits per heavy atom. The maximum atomic E-state index is 12.2. The lowest BCUT2D eigenvalue weighted by Gasteiger charge is -2.25. The molecule has 16 heavy (non-hydrogen) atoms. The lowest BCUT2D eigenvalue weighted by molar-refractivity contribution is 0.0712. The predicted octanol–water partition coefficient (Wildman–Crippen LogP) is 3.09. The summed E-state index contributed by atoms with van der Waals surface area (Å²) < 4.78 is 0.736. The van der Waals surface area contributed by atoms with Gasteiger partial charge in [0.1, 0.15) is 5.69 Å². The van der Waals surface area contributed by atoms with Crippen molar-refractivity contribution < 1.29 is 4.79 Å². The van der Waals surface area contributed by atoms with Crippen LogP contribution in [-0.2, 0) is 0 Å². The fourth-order valence-electron chi connectivity index (χ4n) is 1.36. The summed E-state index contributed by atoms with van der Waals surface area (Å²) in [5.41, 5.74) is 0.470. The molecule has 5 heteroatoms. The molecular formula is C11H14Br2N2O. The van der Waals surface area contributed by atoms with E-state index in [-0.39, 0.29) is 11.9 Å². The third kappa shape index (κ3) is 3.28. The predicted molar refractivity (Wildman–Crippen MR) is 71.9 cm³/mol. The summed E-state index contributed by atoms with van der Waals surface area (Å²) in [5.74, 6) is -0.0399. The summed E-state index contributed by atoms with van der Waals surface area (Å²) in [6.07, 6.45) is 1.63. The van der Waals surface area contributed by atoms with Crippen LogP contribution in [0.25, 0.3) is 0 Å². The van der Waals surface area contributed by atoms with Crippen molar-refractivity contribution in [3.63, 3.8) is 0 Å². The SMILES string of the molecule is CC(C)N(CCBr)C(=O)c1ncccc1Br. The molecular weight excluding hydrogens is 336 g/mol. The maximum Gasteiger partial charge on any atom is 0.273 e. The van der Waals surface area contributed by atoms with Crippen molar-refractivity contribution in [1.82, 2.24) is 9.88 Å². The first-order valence-corrected chi connectivity index (χ1v) is 6.96. The van der Waals surface area contributed by atoms with Crippen molar-refractivity contribution in [1.29, 1.82) is 0 Å². The maximum absolute atomic E-state index is 12.2. The Morgan fingerprint density at radius 2 is 2.25 bits per heavy atom. The van der Waals surface area contributed by atoms with Crippen molar-refractivity contribution >= 4 is 37.8 Å². The molecule has 0 spiro atoms. The zero-order chi connectivity index (χ0) is 12.1. The molecule has 3 nitrogen and oxygen atoms in total. The number of aromatic nitrogens is 1. The second-order valence-corrected chi connectivity index (χ2v) is 5.26. The number of nitrogens with zero attached hydrogens (tertiary/aromatic N) is 2. The molecule has 0 fully saturated rings. The molecule has 0 radical (unpaired) electrons. The average molecular weight is 350 g/mol. The minimum atomic E-state index is -0.0399. The topological polar surface area (TPSA) is 33.2 Å². The highest BCUT2D eigenvalue weighted by Gasteiger charge is 2.20. The Hall–Kier alpha value is -0.420. The Labute approximate surface area is 112 Å². The van der Waals surface area contributed by atoms with Crippen molar-refractivity contribution in [3.05, 3.63) is 28.5 Å². The summed E-state index contributed by atoms with van der Waals surface area (Å²) in [7, 11) is 0. The first-order valence-electron chi connectivity index (χ1n) is 5.05. The van der Waals surface area contributed by atoms with Gasteiger partial charge in [-0.3, -0.25) is 4.79 Å². The van der Waals surface area contributed by atoms with Gasteiger partial charge in [-0.05, 0) is 41.9 Å². The smallest absolute Gasteiger partial charge is 0.273 e. The lowest BCUT2D eigenvalue weighted by Crippen LogP contribution is -2.38. The molecule has 0 aliphatic carbocycles. The standard InChI is InChI=1S/C11H14Br2N2O/c1-8(2)15(7-5-12)11(16)10-9(13)4-3-6-14-10/h3-4,6,8H,5,7H2,1-2H3. The van der Waals surface area contributed by atoms with E-state index >= 15 is 0 Å². The monoisotopic (exact) mass is 348 g/mol. The molecule has 1 aromatic heterocycles. The molecule has 0 N–H and O–H groups in total. The summed E-state index contributed by atoms with van der Waals surface area (Å²) in [4.78, 5) is 18.1. The molecule has 1 aromatic rings. The van der Waals surface area contributed by atoms with Gasteiger partial charge in [0.25, 0.3) is 5.91 Å². The highest BCUT2D eigenvalue weighted by atomic mass is 79.9. The van der Waals surface area contributed by atoms with Crippen LogP contribution in [0.15, 0.2) is 22.8 Å². The van der Waals surface area contributed by atoms with Crippen LogP contribution in [0.5, 0.6) is 0 Å².